The Hall–Kier alpha value is -1.17. The second-order valence-corrected chi connectivity index (χ2v) is 3.28. The molecule has 0 radical (unpaired) electrons. The van der Waals surface area contributed by atoms with Crippen molar-refractivity contribution in [3.63, 3.8) is 0 Å². The van der Waals surface area contributed by atoms with E-state index in [9.17, 15) is 13.6 Å². The van der Waals surface area contributed by atoms with Crippen LogP contribution in [0.2, 0.25) is 0 Å². The van der Waals surface area contributed by atoms with Crippen LogP contribution in [0.3, 0.4) is 0 Å². The number of anilines is 1. The third-order valence-electron chi connectivity index (χ3n) is 1.30. The summed E-state index contributed by atoms with van der Waals surface area (Å²) in [6.07, 6.45) is -2.53. The van der Waals surface area contributed by atoms with Crippen molar-refractivity contribution in [3.05, 3.63) is 17.0 Å². The van der Waals surface area contributed by atoms with Crippen LogP contribution in [0.1, 0.15) is 10.4 Å². The van der Waals surface area contributed by atoms with Gasteiger partial charge in [-0.25, -0.2) is 8.78 Å². The minimum atomic E-state index is -2.53. The van der Waals surface area contributed by atoms with Crippen LogP contribution in [-0.2, 0) is 0 Å². The van der Waals surface area contributed by atoms with Crippen LogP contribution in [-0.4, -0.2) is 18.9 Å². The minimum Gasteiger partial charge on any atom is -0.391 e. The second-order valence-electron chi connectivity index (χ2n) is 2.34. The van der Waals surface area contributed by atoms with E-state index in [4.69, 9.17) is 5.73 Å². The Bertz CT molecular complexity index is 300. The normalized spacial score (nSPS) is 10.4. The number of nitrogen functional groups attached to an aromatic ring is 1. The number of hydrogen-bond donors (Lipinski definition) is 2. The smallest absolute Gasteiger partial charge is 0.255 e. The van der Waals surface area contributed by atoms with Gasteiger partial charge in [-0.15, -0.1) is 11.3 Å². The van der Waals surface area contributed by atoms with Crippen LogP contribution in [0.4, 0.5) is 13.8 Å². The zero-order chi connectivity index (χ0) is 9.84. The van der Waals surface area contributed by atoms with Crippen molar-refractivity contribution in [1.82, 2.24) is 5.32 Å². The van der Waals surface area contributed by atoms with E-state index in [1.54, 1.807) is 0 Å². The Morgan fingerprint density at radius 3 is 2.85 bits per heavy atom. The Balaban J connectivity index is 2.49. The Labute approximate surface area is 77.5 Å². The summed E-state index contributed by atoms with van der Waals surface area (Å²) in [6.45, 7) is -0.630. The molecule has 6 heteroatoms. The van der Waals surface area contributed by atoms with E-state index in [2.05, 4.69) is 5.32 Å². The molecule has 0 spiro atoms. The largest absolute Gasteiger partial charge is 0.391 e. The number of carbonyl (C=O) groups excluding carboxylic acids is 1. The fraction of sp³-hybridized carbons (Fsp3) is 0.286. The minimum absolute atomic E-state index is 0.322. The number of nitrogens with one attached hydrogen (secondary N) is 1. The summed E-state index contributed by atoms with van der Waals surface area (Å²) in [5.41, 5.74) is 5.69. The topological polar surface area (TPSA) is 55.1 Å². The summed E-state index contributed by atoms with van der Waals surface area (Å²) in [7, 11) is 0. The molecule has 13 heavy (non-hydrogen) atoms. The molecule has 0 saturated carbocycles. The third kappa shape index (κ3) is 2.98. The maximum absolute atomic E-state index is 11.7. The number of nitrogens with two attached hydrogens (primary N) is 1. The zero-order valence-electron chi connectivity index (χ0n) is 6.59. The standard InChI is InChI=1S/C7H8F2N2OS/c8-5(9)2-11-7(12)4-1-6(10)13-3-4/h1,3,5H,2,10H2,(H,11,12). The van der Waals surface area contributed by atoms with E-state index in [1.807, 2.05) is 0 Å². The van der Waals surface area contributed by atoms with Gasteiger partial charge in [0.05, 0.1) is 17.1 Å². The van der Waals surface area contributed by atoms with Crippen LogP contribution in [0.5, 0.6) is 0 Å². The van der Waals surface area contributed by atoms with Gasteiger partial charge in [-0.3, -0.25) is 4.79 Å². The van der Waals surface area contributed by atoms with Gasteiger partial charge in [-0.05, 0) is 6.07 Å². The van der Waals surface area contributed by atoms with Gasteiger partial charge in [0, 0.05) is 5.38 Å². The van der Waals surface area contributed by atoms with Crippen molar-refractivity contribution >= 4 is 22.2 Å². The van der Waals surface area contributed by atoms with Gasteiger partial charge >= 0.3 is 0 Å². The first-order valence-corrected chi connectivity index (χ1v) is 4.38. The summed E-state index contributed by atoms with van der Waals surface area (Å²) in [6, 6.07) is 1.45. The van der Waals surface area contributed by atoms with Crippen molar-refractivity contribution < 1.29 is 13.6 Å². The molecule has 1 aromatic heterocycles. The molecule has 0 unspecified atom stereocenters. The first kappa shape index (κ1) is 9.91. The summed E-state index contributed by atoms with van der Waals surface area (Å²) in [5, 5.41) is 4.09. The molecule has 0 aliphatic carbocycles. The van der Waals surface area contributed by atoms with E-state index < -0.39 is 18.9 Å². The van der Waals surface area contributed by atoms with Gasteiger partial charge in [0.2, 0.25) is 0 Å². The van der Waals surface area contributed by atoms with Gasteiger partial charge in [-0.1, -0.05) is 0 Å². The molecule has 0 aliphatic rings. The molecule has 3 N–H and O–H groups in total. The van der Waals surface area contributed by atoms with E-state index in [-0.39, 0.29) is 0 Å². The number of halogens is 2. The SMILES string of the molecule is Nc1cc(C(=O)NCC(F)F)cs1. The Morgan fingerprint density at radius 1 is 1.69 bits per heavy atom. The monoisotopic (exact) mass is 206 g/mol. The van der Waals surface area contributed by atoms with Gasteiger partial charge in [0.15, 0.2) is 0 Å². The molecular formula is C7H8F2N2OS. The van der Waals surface area contributed by atoms with Crippen molar-refractivity contribution in [1.29, 1.82) is 0 Å². The van der Waals surface area contributed by atoms with Crippen LogP contribution in [0.25, 0.3) is 0 Å². The Kier molecular flexibility index (Phi) is 3.18. The molecule has 0 fully saturated rings. The number of carbonyl (C=O) groups is 1. The van der Waals surface area contributed by atoms with E-state index >= 15 is 0 Å². The van der Waals surface area contributed by atoms with E-state index in [0.29, 0.717) is 10.6 Å². The fourth-order valence-corrected chi connectivity index (χ4v) is 1.38. The zero-order valence-corrected chi connectivity index (χ0v) is 7.41. The van der Waals surface area contributed by atoms with Crippen LogP contribution in [0.15, 0.2) is 11.4 Å². The number of amides is 1. The van der Waals surface area contributed by atoms with Crippen LogP contribution in [0, 0.1) is 0 Å². The van der Waals surface area contributed by atoms with Crippen molar-refractivity contribution in [3.8, 4) is 0 Å². The van der Waals surface area contributed by atoms with Crippen LogP contribution < -0.4 is 11.1 Å². The van der Waals surface area contributed by atoms with Gasteiger partial charge in [-0.2, -0.15) is 0 Å². The number of thiophene rings is 1. The van der Waals surface area contributed by atoms with Crippen molar-refractivity contribution in [2.75, 3.05) is 12.3 Å². The molecule has 1 rings (SSSR count). The number of hydrogen-bond acceptors (Lipinski definition) is 3. The average molecular weight is 206 g/mol. The second kappa shape index (κ2) is 4.18. The highest BCUT2D eigenvalue weighted by Gasteiger charge is 2.09. The summed E-state index contributed by atoms with van der Waals surface area (Å²) < 4.78 is 23.4. The van der Waals surface area contributed by atoms with E-state index in [0.717, 1.165) is 0 Å². The number of alkyl halides is 2. The Morgan fingerprint density at radius 2 is 2.38 bits per heavy atom. The quantitative estimate of drug-likeness (QED) is 0.783. The van der Waals surface area contributed by atoms with Crippen LogP contribution >= 0.6 is 11.3 Å². The highest BCUT2D eigenvalue weighted by Crippen LogP contribution is 2.15. The molecule has 0 atom stereocenters. The lowest BCUT2D eigenvalue weighted by Crippen LogP contribution is -2.28. The molecule has 0 saturated heterocycles. The summed E-state index contributed by atoms with van der Waals surface area (Å²) >= 11 is 1.20. The molecule has 72 valence electrons. The molecule has 1 amide bonds. The van der Waals surface area contributed by atoms with Gasteiger partial charge in [0.25, 0.3) is 12.3 Å². The highest BCUT2D eigenvalue weighted by molar-refractivity contribution is 7.14. The molecule has 0 aromatic carbocycles. The maximum atomic E-state index is 11.7. The lowest BCUT2D eigenvalue weighted by atomic mass is 10.3. The summed E-state index contributed by atoms with van der Waals surface area (Å²) in [4.78, 5) is 11.1. The lowest BCUT2D eigenvalue weighted by molar-refractivity contribution is 0.0892. The van der Waals surface area contributed by atoms with Gasteiger partial charge < -0.3 is 11.1 Å². The average Bonchev–Trinajstić information content (AvgIpc) is 2.47. The fourth-order valence-electron chi connectivity index (χ4n) is 0.744. The predicted octanol–water partition coefficient (Wildman–Crippen LogP) is 1.33. The molecule has 1 heterocycles. The third-order valence-corrected chi connectivity index (χ3v) is 2.06. The summed E-state index contributed by atoms with van der Waals surface area (Å²) in [5.74, 6) is -0.520. The first-order valence-electron chi connectivity index (χ1n) is 3.50. The molecule has 0 bridgehead atoms. The molecule has 3 nitrogen and oxygen atoms in total. The lowest BCUT2D eigenvalue weighted by Gasteiger charge is -2.01. The van der Waals surface area contributed by atoms with Gasteiger partial charge in [0.1, 0.15) is 0 Å². The molecule has 0 aliphatic heterocycles. The van der Waals surface area contributed by atoms with Crippen molar-refractivity contribution in [2.45, 2.75) is 6.43 Å². The molecule has 1 aromatic rings. The predicted molar refractivity (Wildman–Crippen MR) is 47.1 cm³/mol. The molecular weight excluding hydrogens is 198 g/mol. The maximum Gasteiger partial charge on any atom is 0.255 e. The highest BCUT2D eigenvalue weighted by atomic mass is 32.1. The first-order chi connectivity index (χ1) is 6.09. The number of rotatable bonds is 3. The van der Waals surface area contributed by atoms with Crippen molar-refractivity contribution in [2.24, 2.45) is 0 Å². The van der Waals surface area contributed by atoms with E-state index in [1.165, 1.54) is 22.8 Å².